The number of carbonyl (C=O) groups is 5. The number of unbranched alkanes of at least 4 members (excludes halogenated alkanes) is 14. The van der Waals surface area contributed by atoms with E-state index in [1.54, 1.807) is 43.2 Å². The van der Waals surface area contributed by atoms with E-state index < -0.39 is 23.8 Å². The molecule has 2 aliphatic rings. The molecule has 16 heteroatoms. The number of hydrogen-bond acceptors (Lipinski definition) is 11. The molecular weight excluding hydrogens is 721 g/mol. The van der Waals surface area contributed by atoms with Crippen LogP contribution in [0.3, 0.4) is 0 Å². The number of carboxylic acids is 3. The molecule has 0 aromatic rings. The molecule has 2 heterocycles. The molecule has 272 valence electrons. The van der Waals surface area contributed by atoms with Gasteiger partial charge in [0.1, 0.15) is 0 Å². The average Bonchev–Trinajstić information content (AvgIpc) is 3.79. The summed E-state index contributed by atoms with van der Waals surface area (Å²) in [7, 11) is 10.4. The highest BCUT2D eigenvalue weighted by Gasteiger charge is 2.53. The van der Waals surface area contributed by atoms with Crippen molar-refractivity contribution in [3.63, 3.8) is 0 Å². The van der Waals surface area contributed by atoms with Gasteiger partial charge in [0.2, 0.25) is 11.8 Å². The molecule has 0 aliphatic carbocycles. The molecule has 1 atom stereocenters. The predicted molar refractivity (Wildman–Crippen MR) is 203 cm³/mol. The van der Waals surface area contributed by atoms with Crippen LogP contribution in [0.1, 0.15) is 130 Å². The summed E-state index contributed by atoms with van der Waals surface area (Å²) in [6.45, 7) is 0.209. The van der Waals surface area contributed by atoms with E-state index in [9.17, 15) is 29.1 Å². The second-order valence-corrected chi connectivity index (χ2v) is 21.5. The van der Waals surface area contributed by atoms with Gasteiger partial charge >= 0.3 is 17.9 Å². The van der Waals surface area contributed by atoms with Gasteiger partial charge in [-0.15, -0.1) is 0 Å². The number of rotatable bonds is 29. The van der Waals surface area contributed by atoms with Gasteiger partial charge < -0.3 is 25.5 Å². The largest absolute Gasteiger partial charge is 0.481 e. The number of nitrogens with one attached hydrogen (secondary N) is 1. The van der Waals surface area contributed by atoms with Crippen LogP contribution in [0, 0.1) is 5.92 Å². The Labute approximate surface area is 305 Å². The maximum atomic E-state index is 12.8. The quantitative estimate of drug-likeness (QED) is 0.0324. The third kappa shape index (κ3) is 20.7. The van der Waals surface area contributed by atoms with E-state index in [4.69, 9.17) is 10.2 Å². The number of hydrogen-bond donors (Lipinski definition) is 4. The van der Waals surface area contributed by atoms with Gasteiger partial charge in [-0.05, 0) is 47.3 Å². The lowest BCUT2D eigenvalue weighted by Gasteiger charge is -2.27. The molecule has 2 aliphatic heterocycles. The monoisotopic (exact) mass is 774 g/mol. The maximum absolute atomic E-state index is 12.8. The van der Waals surface area contributed by atoms with E-state index in [0.29, 0.717) is 38.6 Å². The summed E-state index contributed by atoms with van der Waals surface area (Å²) < 4.78 is 0.120. The van der Waals surface area contributed by atoms with E-state index in [1.807, 2.05) is 21.6 Å². The fourth-order valence-electron chi connectivity index (χ4n) is 5.14. The van der Waals surface area contributed by atoms with Crippen molar-refractivity contribution in [1.82, 2.24) is 10.2 Å². The Bertz CT molecular complexity index is 971. The Morgan fingerprint density at radius 3 is 1.60 bits per heavy atom. The molecule has 0 radical (unpaired) electrons. The molecule has 47 heavy (non-hydrogen) atoms. The van der Waals surface area contributed by atoms with Crippen molar-refractivity contribution in [3.05, 3.63) is 0 Å². The van der Waals surface area contributed by atoms with Crippen LogP contribution in [0.15, 0.2) is 0 Å². The summed E-state index contributed by atoms with van der Waals surface area (Å²) in [5.41, 5.74) is 0. The van der Waals surface area contributed by atoms with Crippen LogP contribution in [0.4, 0.5) is 0 Å². The van der Waals surface area contributed by atoms with Crippen LogP contribution < -0.4 is 5.32 Å². The summed E-state index contributed by atoms with van der Waals surface area (Å²) in [6.07, 6.45) is 17.4. The van der Waals surface area contributed by atoms with Gasteiger partial charge in [0.05, 0.1) is 23.5 Å². The molecule has 2 saturated heterocycles. The SMILES string of the molecule is O=C(O)CCCCCCCCCCCCCCCCC(=O)N(CCC(=O)O)CC(=O)NCCCC[C@@H](C(=O)O)C1SSC2(SS1)SS2.[HH]. The molecule has 1 spiro atoms. The summed E-state index contributed by atoms with van der Waals surface area (Å²) in [5, 5.41) is 30.3. The highest BCUT2D eigenvalue weighted by Crippen LogP contribution is 2.84. The first-order chi connectivity index (χ1) is 22.6. The molecule has 0 aromatic carbocycles. The molecule has 2 rings (SSSR count). The van der Waals surface area contributed by atoms with Crippen LogP contribution in [-0.2, 0) is 24.0 Å². The topological polar surface area (TPSA) is 161 Å². The van der Waals surface area contributed by atoms with E-state index in [0.717, 1.165) is 38.5 Å². The molecule has 10 nitrogen and oxygen atoms in total. The zero-order valence-electron chi connectivity index (χ0n) is 27.2. The minimum Gasteiger partial charge on any atom is -0.481 e. The normalized spacial score (nSPS) is 16.1. The van der Waals surface area contributed by atoms with Gasteiger partial charge in [-0.3, -0.25) is 24.0 Å². The predicted octanol–water partition coefficient (Wildman–Crippen LogP) is 8.96. The molecular formula is C31H54N2O8S6. The Morgan fingerprint density at radius 1 is 0.638 bits per heavy atom. The highest BCUT2D eigenvalue weighted by molar-refractivity contribution is 9.14. The van der Waals surface area contributed by atoms with E-state index in [2.05, 4.69) is 5.32 Å². The second-order valence-electron chi connectivity index (χ2n) is 12.0. The third-order valence-electron chi connectivity index (χ3n) is 7.93. The fourth-order valence-corrected chi connectivity index (χ4v) is 19.0. The second kappa shape index (κ2) is 25.4. The third-order valence-corrected chi connectivity index (χ3v) is 21.8. The highest BCUT2D eigenvalue weighted by atomic mass is 33.2. The zero-order chi connectivity index (χ0) is 34.3. The lowest BCUT2D eigenvalue weighted by Crippen LogP contribution is -2.42. The van der Waals surface area contributed by atoms with E-state index in [1.165, 1.54) is 49.8 Å². The van der Waals surface area contributed by atoms with Crippen molar-refractivity contribution in [2.45, 2.75) is 136 Å². The molecule has 2 amide bonds. The fraction of sp³-hybridized carbons (Fsp3) is 0.839. The number of nitrogens with zero attached hydrogens (tertiary/aromatic N) is 1. The van der Waals surface area contributed by atoms with Crippen LogP contribution in [0.5, 0.6) is 0 Å². The minimum atomic E-state index is -1.01. The van der Waals surface area contributed by atoms with Gasteiger partial charge in [-0.25, -0.2) is 0 Å². The van der Waals surface area contributed by atoms with Crippen molar-refractivity contribution in [2.24, 2.45) is 5.92 Å². The summed E-state index contributed by atoms with van der Waals surface area (Å²) in [5.74, 6) is -3.49. The van der Waals surface area contributed by atoms with Crippen LogP contribution in [0.2, 0.25) is 0 Å². The van der Waals surface area contributed by atoms with Gasteiger partial charge in [0, 0.05) is 27.4 Å². The minimum absolute atomic E-state index is 0. The summed E-state index contributed by atoms with van der Waals surface area (Å²) in [6, 6.07) is 0. The molecule has 0 bridgehead atoms. The smallest absolute Gasteiger partial charge is 0.308 e. The van der Waals surface area contributed by atoms with Gasteiger partial charge in [0.25, 0.3) is 0 Å². The van der Waals surface area contributed by atoms with Crippen molar-refractivity contribution < 1.29 is 40.7 Å². The van der Waals surface area contributed by atoms with Crippen molar-refractivity contribution in [3.8, 4) is 0 Å². The first-order valence-electron chi connectivity index (χ1n) is 16.9. The lowest BCUT2D eigenvalue weighted by atomic mass is 10.0. The average molecular weight is 775 g/mol. The number of aliphatic carboxylic acids is 3. The first-order valence-corrected chi connectivity index (χ1v) is 23.5. The molecule has 2 fully saturated rings. The van der Waals surface area contributed by atoms with E-state index >= 15 is 0 Å². The Kier molecular flexibility index (Phi) is 23.0. The maximum Gasteiger partial charge on any atom is 0.308 e. The zero-order valence-corrected chi connectivity index (χ0v) is 32.1. The first kappa shape index (κ1) is 42.6. The van der Waals surface area contributed by atoms with Crippen molar-refractivity contribution in [2.75, 3.05) is 19.6 Å². The number of carboxylic acid groups (broad SMARTS) is 3. The van der Waals surface area contributed by atoms with Crippen LogP contribution >= 0.6 is 64.8 Å². The molecule has 0 unspecified atom stereocenters. The Balaban J connectivity index is 0.0000115. The van der Waals surface area contributed by atoms with Crippen LogP contribution in [-0.4, -0.2) is 76.9 Å². The lowest BCUT2D eigenvalue weighted by molar-refractivity contribution is -0.142. The molecule has 0 saturated carbocycles. The Hall–Kier alpha value is -0.550. The number of amides is 2. The summed E-state index contributed by atoms with van der Waals surface area (Å²) in [4.78, 5) is 60.2. The Morgan fingerprint density at radius 2 is 1.13 bits per heavy atom. The van der Waals surface area contributed by atoms with Crippen molar-refractivity contribution in [1.29, 1.82) is 0 Å². The van der Waals surface area contributed by atoms with Gasteiger partial charge in [-0.2, -0.15) is 0 Å². The number of carbonyl (C=O) groups excluding carboxylic acids is 2. The van der Waals surface area contributed by atoms with Gasteiger partial charge in [0.15, 0.2) is 2.74 Å². The van der Waals surface area contributed by atoms with E-state index in [-0.39, 0.29) is 46.5 Å². The van der Waals surface area contributed by atoms with Crippen molar-refractivity contribution >= 4 is 94.5 Å². The standard InChI is InChI=1S/C31H52N2O8S6.H2/c34-25(32-21-16-15-17-24(29(40)41)30-42-44-31(45-43-30)46-47-31)23-33(22-20-28(38)39)26(35)18-13-11-9-7-5-3-1-2-4-6-8-10-12-14-19-27(36)37;/h24,30H,1-23H2,(H,32,34)(H,36,37)(H,38,39)(H,40,41);1H/t24-;/m0./s1. The summed E-state index contributed by atoms with van der Waals surface area (Å²) >= 11 is 0. The molecule has 0 aromatic heterocycles. The molecule has 4 N–H and O–H groups in total. The van der Waals surface area contributed by atoms with Crippen LogP contribution in [0.25, 0.3) is 0 Å². The van der Waals surface area contributed by atoms with Gasteiger partial charge in [-0.1, -0.05) is 127 Å².